The molecule has 0 aromatic heterocycles. The molecule has 2 aromatic carbocycles. The van der Waals surface area contributed by atoms with Gasteiger partial charge in [-0.3, -0.25) is 13.9 Å². The zero-order chi connectivity index (χ0) is 27.4. The van der Waals surface area contributed by atoms with Crippen LogP contribution in [0.25, 0.3) is 0 Å². The number of anilines is 1. The van der Waals surface area contributed by atoms with Crippen LogP contribution >= 0.6 is 23.2 Å². The van der Waals surface area contributed by atoms with Crippen LogP contribution in [-0.2, 0) is 26.2 Å². The summed E-state index contributed by atoms with van der Waals surface area (Å²) in [4.78, 5) is 28.4. The van der Waals surface area contributed by atoms with Gasteiger partial charge in [0.25, 0.3) is 0 Å². The average molecular weight is 557 g/mol. The van der Waals surface area contributed by atoms with Crippen LogP contribution in [0.3, 0.4) is 0 Å². The quantitative estimate of drug-likeness (QED) is 0.466. The summed E-state index contributed by atoms with van der Waals surface area (Å²) in [6, 6.07) is 9.40. The molecule has 2 rings (SSSR count). The van der Waals surface area contributed by atoms with E-state index < -0.39 is 34.1 Å². The number of benzene rings is 2. The number of halogens is 2. The van der Waals surface area contributed by atoms with Crippen molar-refractivity contribution >= 4 is 50.7 Å². The summed E-state index contributed by atoms with van der Waals surface area (Å²) < 4.78 is 26.7. The minimum Gasteiger partial charge on any atom is -0.350 e. The molecular formula is C26H35Cl2N3O4S. The molecule has 36 heavy (non-hydrogen) atoms. The van der Waals surface area contributed by atoms with E-state index in [0.29, 0.717) is 27.7 Å². The lowest BCUT2D eigenvalue weighted by atomic mass is 10.1. The highest BCUT2D eigenvalue weighted by Gasteiger charge is 2.34. The maximum Gasteiger partial charge on any atom is 0.244 e. The fourth-order valence-corrected chi connectivity index (χ4v) is 5.24. The van der Waals surface area contributed by atoms with Gasteiger partial charge in [-0.15, -0.1) is 0 Å². The van der Waals surface area contributed by atoms with Crippen LogP contribution in [0.1, 0.15) is 50.8 Å². The number of aryl methyl sites for hydroxylation is 1. The van der Waals surface area contributed by atoms with Crippen molar-refractivity contribution in [2.45, 2.75) is 66.1 Å². The van der Waals surface area contributed by atoms with E-state index in [0.717, 1.165) is 21.7 Å². The monoisotopic (exact) mass is 555 g/mol. The van der Waals surface area contributed by atoms with Crippen LogP contribution in [0.5, 0.6) is 0 Å². The van der Waals surface area contributed by atoms with E-state index in [1.807, 2.05) is 33.8 Å². The molecule has 0 fully saturated rings. The van der Waals surface area contributed by atoms with Crippen LogP contribution in [0.15, 0.2) is 36.4 Å². The third-order valence-corrected chi connectivity index (χ3v) is 7.63. The van der Waals surface area contributed by atoms with Crippen molar-refractivity contribution in [3.63, 3.8) is 0 Å². The van der Waals surface area contributed by atoms with E-state index in [2.05, 4.69) is 5.32 Å². The summed E-state index contributed by atoms with van der Waals surface area (Å²) in [6.07, 6.45) is 1.36. The highest BCUT2D eigenvalue weighted by Crippen LogP contribution is 2.29. The standard InChI is InChI=1S/C26H35Cl2N3O4S/c1-8-22(25(33)29-26(4,5)6)30(15-19-20(27)12-10-13-21(19)28)24(32)16-31(36(7,34)35)23-14-9-11-17(2)18(23)3/h9-14,22H,8,15-16H2,1-7H3,(H,29,33)/t22-/m0/s1. The van der Waals surface area contributed by atoms with E-state index in [-0.39, 0.29) is 12.5 Å². The first-order valence-corrected chi connectivity index (χ1v) is 14.3. The van der Waals surface area contributed by atoms with Gasteiger partial charge in [0.1, 0.15) is 12.6 Å². The Labute approximate surface area is 224 Å². The van der Waals surface area contributed by atoms with Crippen molar-refractivity contribution in [1.29, 1.82) is 0 Å². The number of sulfonamides is 1. The highest BCUT2D eigenvalue weighted by atomic mass is 35.5. The first-order valence-electron chi connectivity index (χ1n) is 11.6. The Morgan fingerprint density at radius 1 is 1.03 bits per heavy atom. The third-order valence-electron chi connectivity index (χ3n) is 5.80. The van der Waals surface area contributed by atoms with E-state index in [4.69, 9.17) is 23.2 Å². The van der Waals surface area contributed by atoms with Crippen LogP contribution in [0, 0.1) is 13.8 Å². The zero-order valence-electron chi connectivity index (χ0n) is 21.9. The van der Waals surface area contributed by atoms with Gasteiger partial charge in [-0.25, -0.2) is 8.42 Å². The number of nitrogens with zero attached hydrogens (tertiary/aromatic N) is 2. The third kappa shape index (κ3) is 7.60. The molecule has 0 radical (unpaired) electrons. The molecule has 10 heteroatoms. The Morgan fingerprint density at radius 2 is 1.58 bits per heavy atom. The topological polar surface area (TPSA) is 86.8 Å². The number of hydrogen-bond acceptors (Lipinski definition) is 4. The van der Waals surface area contributed by atoms with Crippen molar-refractivity contribution < 1.29 is 18.0 Å². The molecule has 0 aliphatic carbocycles. The molecule has 0 unspecified atom stereocenters. The van der Waals surface area contributed by atoms with Crippen molar-refractivity contribution in [3.8, 4) is 0 Å². The SMILES string of the molecule is CC[C@@H](C(=O)NC(C)(C)C)N(Cc1c(Cl)cccc1Cl)C(=O)CN(c1cccc(C)c1C)S(C)(=O)=O. The van der Waals surface area contributed by atoms with Crippen LogP contribution in [0.2, 0.25) is 10.0 Å². The molecule has 0 bridgehead atoms. The smallest absolute Gasteiger partial charge is 0.244 e. The molecule has 1 N–H and O–H groups in total. The van der Waals surface area contributed by atoms with Crippen LogP contribution in [0.4, 0.5) is 5.69 Å². The average Bonchev–Trinajstić information content (AvgIpc) is 2.74. The van der Waals surface area contributed by atoms with Gasteiger partial charge >= 0.3 is 0 Å². The molecule has 0 spiro atoms. The molecule has 0 saturated heterocycles. The molecule has 198 valence electrons. The molecule has 0 saturated carbocycles. The largest absolute Gasteiger partial charge is 0.350 e. The van der Waals surface area contributed by atoms with E-state index in [1.54, 1.807) is 44.2 Å². The fourth-order valence-electron chi connectivity index (χ4n) is 3.83. The van der Waals surface area contributed by atoms with Gasteiger partial charge in [0.05, 0.1) is 11.9 Å². The summed E-state index contributed by atoms with van der Waals surface area (Å²) in [6.45, 7) is 10.5. The number of carbonyl (C=O) groups is 2. The van der Waals surface area contributed by atoms with Crippen molar-refractivity contribution in [3.05, 3.63) is 63.1 Å². The van der Waals surface area contributed by atoms with Crippen LogP contribution < -0.4 is 9.62 Å². The van der Waals surface area contributed by atoms with E-state index in [1.165, 1.54) is 4.90 Å². The molecule has 2 amide bonds. The second-order valence-corrected chi connectivity index (χ2v) is 12.6. The molecule has 2 aromatic rings. The lowest BCUT2D eigenvalue weighted by Crippen LogP contribution is -2.55. The molecule has 1 atom stereocenters. The Bertz CT molecular complexity index is 1210. The predicted octanol–water partition coefficient (Wildman–Crippen LogP) is 5.10. The van der Waals surface area contributed by atoms with Crippen molar-refractivity contribution in [2.24, 2.45) is 0 Å². The summed E-state index contributed by atoms with van der Waals surface area (Å²) >= 11 is 12.8. The van der Waals surface area contributed by atoms with Gasteiger partial charge in [-0.05, 0) is 70.4 Å². The lowest BCUT2D eigenvalue weighted by molar-refractivity contribution is -0.141. The summed E-state index contributed by atoms with van der Waals surface area (Å²) in [5.74, 6) is -0.896. The maximum absolute atomic E-state index is 13.8. The molecule has 7 nitrogen and oxygen atoms in total. The zero-order valence-corrected chi connectivity index (χ0v) is 24.2. The normalized spacial score (nSPS) is 12.7. The second-order valence-electron chi connectivity index (χ2n) is 9.87. The number of carbonyl (C=O) groups excluding carboxylic acids is 2. The van der Waals surface area contributed by atoms with Gasteiger partial charge in [-0.1, -0.05) is 48.3 Å². The first kappa shape index (κ1) is 29.9. The number of rotatable bonds is 9. The highest BCUT2D eigenvalue weighted by molar-refractivity contribution is 7.92. The second kappa shape index (κ2) is 11.8. The van der Waals surface area contributed by atoms with Gasteiger partial charge in [0.15, 0.2) is 0 Å². The Kier molecular flexibility index (Phi) is 9.84. The Morgan fingerprint density at radius 3 is 2.08 bits per heavy atom. The van der Waals surface area contributed by atoms with Crippen molar-refractivity contribution in [1.82, 2.24) is 10.2 Å². The molecule has 0 heterocycles. The molecular weight excluding hydrogens is 521 g/mol. The van der Waals surface area contributed by atoms with E-state index in [9.17, 15) is 18.0 Å². The fraction of sp³-hybridized carbons (Fsp3) is 0.462. The maximum atomic E-state index is 13.8. The number of hydrogen-bond donors (Lipinski definition) is 1. The van der Waals surface area contributed by atoms with Crippen molar-refractivity contribution in [2.75, 3.05) is 17.1 Å². The molecule has 0 aliphatic heterocycles. The molecule has 0 aliphatic rings. The van der Waals surface area contributed by atoms with Crippen LogP contribution in [-0.4, -0.2) is 49.5 Å². The van der Waals surface area contributed by atoms with Gasteiger partial charge in [0, 0.05) is 27.7 Å². The van der Waals surface area contributed by atoms with Gasteiger partial charge in [-0.2, -0.15) is 0 Å². The minimum absolute atomic E-state index is 0.0577. The minimum atomic E-state index is -3.82. The number of nitrogens with one attached hydrogen (secondary N) is 1. The lowest BCUT2D eigenvalue weighted by Gasteiger charge is -2.35. The summed E-state index contributed by atoms with van der Waals surface area (Å²) in [5, 5.41) is 3.62. The van der Waals surface area contributed by atoms with E-state index >= 15 is 0 Å². The summed E-state index contributed by atoms with van der Waals surface area (Å²) in [7, 11) is -3.82. The number of amides is 2. The van der Waals surface area contributed by atoms with Gasteiger partial charge in [0.2, 0.25) is 21.8 Å². The summed E-state index contributed by atoms with van der Waals surface area (Å²) in [5.41, 5.74) is 2.00. The Hall–Kier alpha value is -2.29. The predicted molar refractivity (Wildman–Crippen MR) is 147 cm³/mol. The Balaban J connectivity index is 2.57. The first-order chi connectivity index (χ1) is 16.6. The van der Waals surface area contributed by atoms with Gasteiger partial charge < -0.3 is 10.2 Å².